The standard InChI is InChI=1S/C32H36ClF2NO6/c1-29-10-9-21(37)12-24(29)25(34)13-23-22-11-18(15-36-20-7-5-19(33)6-8-20)32(41,27(39)16-42-28(40)17-3-4-17)30(22,2)14-26(38)31(23,29)35/h5-10,12,17-18,22-23,25-26,36,38,41H,3-4,11,13-16H2,1-2H3/t18-,22-,23-,25-,26-,29-,30-,31-,32-/m0/s1. The molecule has 0 spiro atoms. The number of ether oxygens (including phenoxy) is 1. The fraction of sp³-hybridized carbons (Fsp3) is 0.594. The van der Waals surface area contributed by atoms with Crippen molar-refractivity contribution in [3.05, 3.63) is 53.1 Å². The highest BCUT2D eigenvalue weighted by atomic mass is 35.5. The third-order valence-corrected chi connectivity index (χ3v) is 11.3. The number of esters is 1. The molecule has 42 heavy (non-hydrogen) atoms. The maximum atomic E-state index is 17.6. The molecular weight excluding hydrogens is 568 g/mol. The van der Waals surface area contributed by atoms with Crippen molar-refractivity contribution in [2.45, 2.75) is 69.5 Å². The van der Waals surface area contributed by atoms with Crippen LogP contribution in [0.5, 0.6) is 0 Å². The molecule has 0 aromatic heterocycles. The first kappa shape index (κ1) is 29.5. The van der Waals surface area contributed by atoms with Gasteiger partial charge in [0.25, 0.3) is 0 Å². The van der Waals surface area contributed by atoms with Crippen LogP contribution in [0.1, 0.15) is 46.0 Å². The van der Waals surface area contributed by atoms with Crippen molar-refractivity contribution >= 4 is 34.8 Å². The second-order valence-electron chi connectivity index (χ2n) is 13.3. The van der Waals surface area contributed by atoms with Gasteiger partial charge in [-0.25, -0.2) is 8.78 Å². The van der Waals surface area contributed by atoms with Crippen molar-refractivity contribution < 1.29 is 38.1 Å². The molecule has 5 aliphatic rings. The predicted molar refractivity (Wildman–Crippen MR) is 151 cm³/mol. The first-order valence-corrected chi connectivity index (χ1v) is 15.0. The van der Waals surface area contributed by atoms with Crippen LogP contribution in [0.15, 0.2) is 48.1 Å². The molecule has 0 heterocycles. The normalized spacial score (nSPS) is 42.2. The summed E-state index contributed by atoms with van der Waals surface area (Å²) in [6.45, 7) is 2.64. The van der Waals surface area contributed by atoms with E-state index in [1.54, 1.807) is 31.2 Å². The van der Waals surface area contributed by atoms with E-state index in [2.05, 4.69) is 5.32 Å². The van der Waals surface area contributed by atoms with E-state index < -0.39 is 76.3 Å². The predicted octanol–water partition coefficient (Wildman–Crippen LogP) is 4.55. The summed E-state index contributed by atoms with van der Waals surface area (Å²) in [4.78, 5) is 38.3. The van der Waals surface area contributed by atoms with Crippen LogP contribution in [-0.2, 0) is 19.1 Å². The Labute approximate surface area is 248 Å². The van der Waals surface area contributed by atoms with Gasteiger partial charge in [0.2, 0.25) is 5.78 Å². The summed E-state index contributed by atoms with van der Waals surface area (Å²) in [5.41, 5.74) is -6.68. The lowest BCUT2D eigenvalue weighted by molar-refractivity contribution is -0.224. The van der Waals surface area contributed by atoms with Gasteiger partial charge in [0.15, 0.2) is 18.1 Å². The molecule has 0 bridgehead atoms. The molecule has 10 heteroatoms. The van der Waals surface area contributed by atoms with E-state index in [0.717, 1.165) is 6.08 Å². The Balaban J connectivity index is 1.37. The van der Waals surface area contributed by atoms with Gasteiger partial charge in [0, 0.05) is 39.9 Å². The lowest BCUT2D eigenvalue weighted by atomic mass is 9.44. The molecule has 9 atom stereocenters. The summed E-state index contributed by atoms with van der Waals surface area (Å²) in [7, 11) is 0. The van der Waals surface area contributed by atoms with Gasteiger partial charge in [-0.05, 0) is 86.9 Å². The summed E-state index contributed by atoms with van der Waals surface area (Å²) in [6.07, 6.45) is 1.37. The number of hydrogen-bond acceptors (Lipinski definition) is 7. The molecule has 3 N–H and O–H groups in total. The van der Waals surface area contributed by atoms with Crippen LogP contribution < -0.4 is 5.32 Å². The van der Waals surface area contributed by atoms with E-state index in [4.69, 9.17) is 16.3 Å². The van der Waals surface area contributed by atoms with Crippen LogP contribution in [0.4, 0.5) is 14.5 Å². The van der Waals surface area contributed by atoms with Crippen molar-refractivity contribution in [3.63, 3.8) is 0 Å². The van der Waals surface area contributed by atoms with Crippen molar-refractivity contribution in [2.24, 2.45) is 34.5 Å². The Bertz CT molecular complexity index is 1380. The van der Waals surface area contributed by atoms with E-state index in [1.807, 2.05) is 0 Å². The molecule has 0 unspecified atom stereocenters. The summed E-state index contributed by atoms with van der Waals surface area (Å²) in [5.74, 6) is -4.41. The number of Topliss-reactive ketones (excluding diaryl/α,β-unsaturated/α-hetero) is 1. The number of aliphatic hydroxyl groups is 2. The molecular formula is C32H36ClF2NO6. The van der Waals surface area contributed by atoms with E-state index in [-0.39, 0.29) is 37.3 Å². The Morgan fingerprint density at radius 2 is 1.83 bits per heavy atom. The zero-order chi connectivity index (χ0) is 30.2. The molecule has 4 saturated carbocycles. The number of fused-ring (bicyclic) bond motifs is 5. The van der Waals surface area contributed by atoms with E-state index in [9.17, 15) is 24.6 Å². The number of allylic oxidation sites excluding steroid dienone is 4. The van der Waals surface area contributed by atoms with Gasteiger partial charge < -0.3 is 20.3 Å². The molecule has 6 rings (SSSR count). The van der Waals surface area contributed by atoms with Crippen LogP contribution in [-0.4, -0.2) is 64.4 Å². The summed E-state index contributed by atoms with van der Waals surface area (Å²) < 4.78 is 38.7. The number of nitrogens with one attached hydrogen (secondary N) is 1. The van der Waals surface area contributed by atoms with Gasteiger partial charge in [-0.3, -0.25) is 14.4 Å². The topological polar surface area (TPSA) is 113 Å². The number of aliphatic hydroxyl groups excluding tert-OH is 1. The van der Waals surface area contributed by atoms with Crippen LogP contribution >= 0.6 is 11.6 Å². The minimum absolute atomic E-state index is 0.00804. The second kappa shape index (κ2) is 9.96. The number of alkyl halides is 2. The monoisotopic (exact) mass is 603 g/mol. The van der Waals surface area contributed by atoms with Crippen molar-refractivity contribution in [1.29, 1.82) is 0 Å². The van der Waals surface area contributed by atoms with Crippen molar-refractivity contribution in [3.8, 4) is 0 Å². The van der Waals surface area contributed by atoms with Crippen LogP contribution in [0, 0.1) is 34.5 Å². The van der Waals surface area contributed by atoms with Crippen molar-refractivity contribution in [2.75, 3.05) is 18.5 Å². The number of carbonyl (C=O) groups excluding carboxylic acids is 3. The van der Waals surface area contributed by atoms with Gasteiger partial charge in [-0.15, -0.1) is 0 Å². The molecule has 1 aromatic rings. The zero-order valence-corrected chi connectivity index (χ0v) is 24.4. The Morgan fingerprint density at radius 3 is 2.50 bits per heavy atom. The summed E-state index contributed by atoms with van der Waals surface area (Å²) in [6, 6.07) is 6.89. The number of halogens is 3. The molecule has 0 radical (unpaired) electrons. The number of carbonyl (C=O) groups is 3. The fourth-order valence-electron chi connectivity index (χ4n) is 8.64. The number of rotatable bonds is 7. The molecule has 226 valence electrons. The zero-order valence-electron chi connectivity index (χ0n) is 23.6. The molecule has 1 aromatic carbocycles. The fourth-order valence-corrected chi connectivity index (χ4v) is 8.77. The van der Waals surface area contributed by atoms with E-state index in [0.29, 0.717) is 23.6 Å². The number of ketones is 2. The highest BCUT2D eigenvalue weighted by Crippen LogP contribution is 2.71. The minimum atomic E-state index is -2.34. The number of hydrogen-bond donors (Lipinski definition) is 3. The molecule has 5 aliphatic carbocycles. The minimum Gasteiger partial charge on any atom is -0.457 e. The molecule has 4 fully saturated rings. The third-order valence-electron chi connectivity index (χ3n) is 11.1. The first-order valence-electron chi connectivity index (χ1n) is 14.6. The average molecular weight is 604 g/mol. The van der Waals surface area contributed by atoms with Gasteiger partial charge in [0.1, 0.15) is 11.8 Å². The average Bonchev–Trinajstić information content (AvgIpc) is 3.77. The summed E-state index contributed by atoms with van der Waals surface area (Å²) >= 11 is 6.01. The van der Waals surface area contributed by atoms with Gasteiger partial charge >= 0.3 is 5.97 Å². The van der Waals surface area contributed by atoms with Crippen LogP contribution in [0.2, 0.25) is 5.02 Å². The Hall–Kier alpha value is -2.62. The van der Waals surface area contributed by atoms with Crippen LogP contribution in [0.3, 0.4) is 0 Å². The Morgan fingerprint density at radius 1 is 1.14 bits per heavy atom. The van der Waals surface area contributed by atoms with Gasteiger partial charge in [-0.1, -0.05) is 24.6 Å². The van der Waals surface area contributed by atoms with Crippen molar-refractivity contribution in [1.82, 2.24) is 0 Å². The molecule has 0 aliphatic heterocycles. The third kappa shape index (κ3) is 4.14. The number of anilines is 1. The van der Waals surface area contributed by atoms with E-state index in [1.165, 1.54) is 19.1 Å². The SMILES string of the molecule is C[C@]12C=CC(=O)C=C1[C@@H](F)C[C@H]1[C@@H]3C[C@@H](CNc4ccc(Cl)cc4)[C@](O)(C(=O)COC(=O)C4CC4)[C@@]3(C)C[C@H](O)[C@@]12F. The number of benzene rings is 1. The summed E-state index contributed by atoms with van der Waals surface area (Å²) in [5, 5.41) is 27.8. The lowest BCUT2D eigenvalue weighted by Crippen LogP contribution is -2.70. The highest BCUT2D eigenvalue weighted by molar-refractivity contribution is 6.30. The largest absolute Gasteiger partial charge is 0.457 e. The van der Waals surface area contributed by atoms with Gasteiger partial charge in [-0.2, -0.15) is 0 Å². The smallest absolute Gasteiger partial charge is 0.309 e. The van der Waals surface area contributed by atoms with Gasteiger partial charge in [0.05, 0.1) is 12.0 Å². The molecule has 0 saturated heterocycles. The molecule has 0 amide bonds. The first-order chi connectivity index (χ1) is 19.8. The maximum absolute atomic E-state index is 17.6. The Kier molecular flexibility index (Phi) is 6.98. The van der Waals surface area contributed by atoms with E-state index >= 15 is 8.78 Å². The lowest BCUT2D eigenvalue weighted by Gasteiger charge is -2.63. The second-order valence-corrected chi connectivity index (χ2v) is 13.7. The quantitative estimate of drug-likeness (QED) is 0.392. The highest BCUT2D eigenvalue weighted by Gasteiger charge is 2.77. The molecule has 7 nitrogen and oxygen atoms in total. The van der Waals surface area contributed by atoms with Crippen LogP contribution in [0.25, 0.3) is 0 Å². The maximum Gasteiger partial charge on any atom is 0.309 e.